The Morgan fingerprint density at radius 3 is 1.88 bits per heavy atom. The normalized spacial score (nSPS) is 16.9. The van der Waals surface area contributed by atoms with E-state index in [1.54, 1.807) is 0 Å². The molecule has 3 amide bonds. The largest absolute Gasteiger partial charge is 0.480 e. The lowest BCUT2D eigenvalue weighted by molar-refractivity contribution is -0.141. The quantitative estimate of drug-likeness (QED) is 0.217. The van der Waals surface area contributed by atoms with Crippen molar-refractivity contribution in [2.24, 2.45) is 5.73 Å². The fourth-order valence-corrected chi connectivity index (χ4v) is 1.68. The minimum Gasteiger partial charge on any atom is -0.480 e. The van der Waals surface area contributed by atoms with E-state index >= 15 is 0 Å². The highest BCUT2D eigenvalue weighted by molar-refractivity contribution is 7.80. The van der Waals surface area contributed by atoms with Crippen LogP contribution in [0.2, 0.25) is 0 Å². The number of thiol groups is 1. The Hall–Kier alpha value is -1.85. The lowest BCUT2D eigenvalue weighted by atomic mass is 10.1. The van der Waals surface area contributed by atoms with Gasteiger partial charge in [-0.05, 0) is 20.8 Å². The van der Waals surface area contributed by atoms with E-state index in [4.69, 9.17) is 10.8 Å². The molecular formula is C13H24N4O6S. The minimum atomic E-state index is -1.32. The van der Waals surface area contributed by atoms with Crippen molar-refractivity contribution in [3.63, 3.8) is 0 Å². The highest BCUT2D eigenvalue weighted by Gasteiger charge is 2.29. The number of rotatable bonds is 9. The standard InChI is InChI=1S/C13H24N4O6S/c1-5(10(19)16-6(2)13(22)23)15-12(21)9(7(3)18)17-11(20)8(14)4-24/h5-9,18,24H,4,14H2,1-3H3,(H,15,21)(H,16,19)(H,17,20)(H,22,23). The molecule has 0 spiro atoms. The molecule has 0 bridgehead atoms. The minimum absolute atomic E-state index is 0.0475. The van der Waals surface area contributed by atoms with E-state index in [-0.39, 0.29) is 5.75 Å². The Morgan fingerprint density at radius 1 is 0.958 bits per heavy atom. The second kappa shape index (κ2) is 10.1. The summed E-state index contributed by atoms with van der Waals surface area (Å²) >= 11 is 3.86. The summed E-state index contributed by atoms with van der Waals surface area (Å²) in [4.78, 5) is 46.3. The highest BCUT2D eigenvalue weighted by atomic mass is 32.1. The summed E-state index contributed by atoms with van der Waals surface area (Å²) in [5, 5.41) is 25.1. The molecule has 0 heterocycles. The SMILES string of the molecule is CC(NC(=O)C(C)NC(=O)C(NC(=O)C(N)CS)C(C)O)C(=O)O. The average molecular weight is 364 g/mol. The molecule has 0 aliphatic carbocycles. The summed E-state index contributed by atoms with van der Waals surface area (Å²) in [7, 11) is 0. The maximum absolute atomic E-state index is 12.1. The Morgan fingerprint density at radius 2 is 1.46 bits per heavy atom. The second-order valence-electron chi connectivity index (χ2n) is 5.31. The fourth-order valence-electron chi connectivity index (χ4n) is 1.52. The van der Waals surface area contributed by atoms with Crippen molar-refractivity contribution in [3.8, 4) is 0 Å². The topological polar surface area (TPSA) is 171 Å². The monoisotopic (exact) mass is 364 g/mol. The van der Waals surface area contributed by atoms with Gasteiger partial charge in [0, 0.05) is 5.75 Å². The van der Waals surface area contributed by atoms with Crippen LogP contribution in [0.4, 0.5) is 0 Å². The summed E-state index contributed by atoms with van der Waals surface area (Å²) in [6.07, 6.45) is -1.24. The van der Waals surface area contributed by atoms with Gasteiger partial charge in [-0.2, -0.15) is 12.6 Å². The maximum Gasteiger partial charge on any atom is 0.325 e. The zero-order valence-corrected chi connectivity index (χ0v) is 14.5. The van der Waals surface area contributed by atoms with Gasteiger partial charge in [0.25, 0.3) is 0 Å². The second-order valence-corrected chi connectivity index (χ2v) is 5.68. The van der Waals surface area contributed by atoms with E-state index < -0.39 is 54.0 Å². The molecule has 11 heteroatoms. The van der Waals surface area contributed by atoms with Gasteiger partial charge in [0.2, 0.25) is 17.7 Å². The third-order valence-electron chi connectivity index (χ3n) is 3.08. The number of hydrogen-bond donors (Lipinski definition) is 7. The van der Waals surface area contributed by atoms with Crippen LogP contribution in [0.5, 0.6) is 0 Å². The predicted molar refractivity (Wildman–Crippen MR) is 88.3 cm³/mol. The molecule has 138 valence electrons. The molecule has 0 aliphatic rings. The van der Waals surface area contributed by atoms with E-state index in [1.165, 1.54) is 20.8 Å². The number of nitrogens with two attached hydrogens (primary N) is 1. The van der Waals surface area contributed by atoms with E-state index in [0.717, 1.165) is 0 Å². The molecule has 0 fully saturated rings. The molecule has 10 nitrogen and oxygen atoms in total. The van der Waals surface area contributed by atoms with Crippen LogP contribution < -0.4 is 21.7 Å². The van der Waals surface area contributed by atoms with Crippen molar-refractivity contribution < 1.29 is 29.4 Å². The first-order valence-corrected chi connectivity index (χ1v) is 7.82. The van der Waals surface area contributed by atoms with Gasteiger partial charge in [-0.25, -0.2) is 0 Å². The zero-order valence-electron chi connectivity index (χ0n) is 13.6. The number of carboxylic acid groups (broad SMARTS) is 1. The molecule has 24 heavy (non-hydrogen) atoms. The van der Waals surface area contributed by atoms with Gasteiger partial charge in [-0.1, -0.05) is 0 Å². The molecule has 0 saturated carbocycles. The van der Waals surface area contributed by atoms with Crippen LogP contribution >= 0.6 is 12.6 Å². The first-order chi connectivity index (χ1) is 11.0. The number of carboxylic acids is 1. The average Bonchev–Trinajstić information content (AvgIpc) is 2.50. The Balaban J connectivity index is 4.80. The lowest BCUT2D eigenvalue weighted by Crippen LogP contribution is -2.59. The highest BCUT2D eigenvalue weighted by Crippen LogP contribution is 1.97. The number of aliphatic carboxylic acids is 1. The first-order valence-electron chi connectivity index (χ1n) is 7.19. The Kier molecular flexibility index (Phi) is 9.33. The maximum atomic E-state index is 12.1. The van der Waals surface area contributed by atoms with Gasteiger partial charge in [-0.3, -0.25) is 19.2 Å². The number of nitrogens with one attached hydrogen (secondary N) is 3. The molecule has 0 aromatic carbocycles. The Bertz CT molecular complexity index is 487. The fraction of sp³-hybridized carbons (Fsp3) is 0.692. The molecule has 5 atom stereocenters. The van der Waals surface area contributed by atoms with Crippen LogP contribution in [0.1, 0.15) is 20.8 Å². The van der Waals surface area contributed by atoms with Crippen LogP contribution in [0.15, 0.2) is 0 Å². The summed E-state index contributed by atoms with van der Waals surface area (Å²) < 4.78 is 0. The molecule has 7 N–H and O–H groups in total. The first kappa shape index (κ1) is 22.1. The van der Waals surface area contributed by atoms with Gasteiger partial charge >= 0.3 is 5.97 Å². The van der Waals surface area contributed by atoms with Crippen LogP contribution in [0.25, 0.3) is 0 Å². The van der Waals surface area contributed by atoms with Gasteiger partial charge in [-0.15, -0.1) is 0 Å². The molecule has 0 aliphatic heterocycles. The van der Waals surface area contributed by atoms with Crippen LogP contribution in [0, 0.1) is 0 Å². The van der Waals surface area contributed by atoms with Crippen LogP contribution in [-0.4, -0.2) is 69.9 Å². The van der Waals surface area contributed by atoms with E-state index in [0.29, 0.717) is 0 Å². The van der Waals surface area contributed by atoms with Crippen molar-refractivity contribution in [2.45, 2.75) is 51.0 Å². The number of aliphatic hydroxyl groups excluding tert-OH is 1. The van der Waals surface area contributed by atoms with Crippen molar-refractivity contribution in [3.05, 3.63) is 0 Å². The molecule has 5 unspecified atom stereocenters. The molecule has 0 saturated heterocycles. The Labute approximate surface area is 144 Å². The molecular weight excluding hydrogens is 340 g/mol. The number of carbonyl (C=O) groups excluding carboxylic acids is 3. The molecule has 0 rings (SSSR count). The van der Waals surface area contributed by atoms with E-state index in [2.05, 4.69) is 28.6 Å². The summed E-state index contributed by atoms with van der Waals surface area (Å²) in [5.74, 6) is -3.39. The van der Waals surface area contributed by atoms with Gasteiger partial charge in [0.05, 0.1) is 12.1 Å². The third kappa shape index (κ3) is 7.15. The molecule has 0 radical (unpaired) electrons. The summed E-state index contributed by atoms with van der Waals surface area (Å²) in [5.41, 5.74) is 5.48. The number of hydrogen-bond acceptors (Lipinski definition) is 7. The van der Waals surface area contributed by atoms with Gasteiger partial charge in [0.1, 0.15) is 18.1 Å². The number of aliphatic hydroxyl groups is 1. The van der Waals surface area contributed by atoms with Crippen molar-refractivity contribution in [2.75, 3.05) is 5.75 Å². The van der Waals surface area contributed by atoms with E-state index in [9.17, 15) is 24.3 Å². The van der Waals surface area contributed by atoms with Crippen LogP contribution in [-0.2, 0) is 19.2 Å². The molecule has 0 aromatic rings. The van der Waals surface area contributed by atoms with Gasteiger partial charge < -0.3 is 31.9 Å². The summed E-state index contributed by atoms with van der Waals surface area (Å²) in [6, 6.07) is -4.48. The van der Waals surface area contributed by atoms with Crippen molar-refractivity contribution in [1.82, 2.24) is 16.0 Å². The number of amides is 3. The number of carbonyl (C=O) groups is 4. The van der Waals surface area contributed by atoms with Gasteiger partial charge in [0.15, 0.2) is 0 Å². The van der Waals surface area contributed by atoms with Crippen LogP contribution in [0.3, 0.4) is 0 Å². The van der Waals surface area contributed by atoms with Crippen molar-refractivity contribution in [1.29, 1.82) is 0 Å². The molecule has 0 aromatic heterocycles. The van der Waals surface area contributed by atoms with E-state index in [1.807, 2.05) is 0 Å². The third-order valence-corrected chi connectivity index (χ3v) is 3.47. The zero-order chi connectivity index (χ0) is 19.0. The predicted octanol–water partition coefficient (Wildman–Crippen LogP) is -2.80. The van der Waals surface area contributed by atoms with Crippen molar-refractivity contribution >= 4 is 36.3 Å². The summed E-state index contributed by atoms with van der Waals surface area (Å²) in [6.45, 7) is 3.89. The smallest absolute Gasteiger partial charge is 0.325 e. The lowest BCUT2D eigenvalue weighted by Gasteiger charge is -2.24.